The first-order valence-corrected chi connectivity index (χ1v) is 6.26. The van der Waals surface area contributed by atoms with Gasteiger partial charge in [-0.3, -0.25) is 10.1 Å². The number of aliphatic hydroxyl groups excluding tert-OH is 1. The van der Waals surface area contributed by atoms with E-state index in [0.29, 0.717) is 12.4 Å². The van der Waals surface area contributed by atoms with Gasteiger partial charge in [0, 0.05) is 12.6 Å². The van der Waals surface area contributed by atoms with Crippen LogP contribution >= 0.6 is 0 Å². The molecule has 1 aromatic heterocycles. The van der Waals surface area contributed by atoms with Crippen molar-refractivity contribution in [3.8, 4) is 0 Å². The van der Waals surface area contributed by atoms with Gasteiger partial charge in [0.05, 0.1) is 17.6 Å². The van der Waals surface area contributed by atoms with E-state index in [0.717, 1.165) is 0 Å². The van der Waals surface area contributed by atoms with Gasteiger partial charge >= 0.3 is 5.69 Å². The Kier molecular flexibility index (Phi) is 5.50. The number of hydrogen-bond acceptors (Lipinski definition) is 6. The van der Waals surface area contributed by atoms with E-state index in [1.54, 1.807) is 6.07 Å². The van der Waals surface area contributed by atoms with Crippen LogP contribution in [0.4, 0.5) is 17.3 Å². The number of aromatic nitrogens is 1. The van der Waals surface area contributed by atoms with Gasteiger partial charge in [-0.2, -0.15) is 0 Å². The summed E-state index contributed by atoms with van der Waals surface area (Å²) < 4.78 is 0. The summed E-state index contributed by atoms with van der Waals surface area (Å²) in [7, 11) is 0. The second-order valence-electron chi connectivity index (χ2n) is 4.53. The van der Waals surface area contributed by atoms with Gasteiger partial charge < -0.3 is 15.7 Å². The molecule has 0 aliphatic rings. The minimum absolute atomic E-state index is 0.0965. The van der Waals surface area contributed by atoms with E-state index in [1.807, 2.05) is 20.8 Å². The van der Waals surface area contributed by atoms with E-state index in [2.05, 4.69) is 15.6 Å². The first kappa shape index (κ1) is 15.2. The molecule has 1 aromatic rings. The smallest absolute Gasteiger partial charge is 0.311 e. The summed E-state index contributed by atoms with van der Waals surface area (Å²) in [4.78, 5) is 14.7. The maximum absolute atomic E-state index is 11.0. The number of nitrogens with one attached hydrogen (secondary N) is 2. The minimum Gasteiger partial charge on any atom is -0.394 e. The van der Waals surface area contributed by atoms with Crippen molar-refractivity contribution in [3.05, 3.63) is 22.2 Å². The normalized spacial score (nSPS) is 12.3. The number of hydrogen-bond donors (Lipinski definition) is 3. The molecule has 1 atom stereocenters. The Balaban J connectivity index is 3.06. The molecule has 0 amide bonds. The Morgan fingerprint density at radius 3 is 2.63 bits per heavy atom. The van der Waals surface area contributed by atoms with Gasteiger partial charge in [0.25, 0.3) is 0 Å². The van der Waals surface area contributed by atoms with Crippen LogP contribution in [0.25, 0.3) is 0 Å². The van der Waals surface area contributed by atoms with E-state index >= 15 is 0 Å². The molecule has 0 aromatic carbocycles. The molecule has 0 fully saturated rings. The number of rotatable bonds is 7. The lowest BCUT2D eigenvalue weighted by Crippen LogP contribution is -2.30. The Bertz CT molecular complexity index is 437. The van der Waals surface area contributed by atoms with E-state index in [9.17, 15) is 15.2 Å². The molecule has 7 nitrogen and oxygen atoms in total. The Morgan fingerprint density at radius 2 is 2.16 bits per heavy atom. The molecule has 0 aliphatic carbocycles. The number of anilines is 2. The van der Waals surface area contributed by atoms with Crippen LogP contribution in [-0.2, 0) is 0 Å². The summed E-state index contributed by atoms with van der Waals surface area (Å²) in [6.45, 7) is 6.34. The van der Waals surface area contributed by atoms with Crippen molar-refractivity contribution < 1.29 is 10.0 Å². The molecule has 1 unspecified atom stereocenters. The molecule has 106 valence electrons. The second-order valence-corrected chi connectivity index (χ2v) is 4.53. The zero-order valence-electron chi connectivity index (χ0n) is 11.4. The first-order chi connectivity index (χ1) is 8.99. The van der Waals surface area contributed by atoms with Crippen LogP contribution in [0.5, 0.6) is 0 Å². The largest absolute Gasteiger partial charge is 0.394 e. The maximum Gasteiger partial charge on any atom is 0.311 e. The fourth-order valence-electron chi connectivity index (χ4n) is 1.58. The van der Waals surface area contributed by atoms with Gasteiger partial charge in [-0.25, -0.2) is 4.98 Å². The lowest BCUT2D eigenvalue weighted by Gasteiger charge is -2.20. The third-order valence-electron chi connectivity index (χ3n) is 2.75. The number of nitrogens with zero attached hydrogens (tertiary/aromatic N) is 2. The fraction of sp³-hybridized carbons (Fsp3) is 0.583. The predicted octanol–water partition coefficient (Wildman–Crippen LogP) is 1.85. The van der Waals surface area contributed by atoms with Crippen molar-refractivity contribution in [1.29, 1.82) is 0 Å². The standard InChI is InChI=1S/C12H20N4O3/c1-4-13-11-6-5-10(16(18)19)12(15-11)14-9(7-17)8(2)3/h5-6,8-9,17H,4,7H2,1-3H3,(H2,13,14,15). The van der Waals surface area contributed by atoms with Crippen LogP contribution in [0.15, 0.2) is 12.1 Å². The minimum atomic E-state index is -0.486. The molecule has 1 heterocycles. The topological polar surface area (TPSA) is 100 Å². The van der Waals surface area contributed by atoms with Crippen molar-refractivity contribution in [3.63, 3.8) is 0 Å². The Hall–Kier alpha value is -1.89. The van der Waals surface area contributed by atoms with Gasteiger partial charge in [-0.15, -0.1) is 0 Å². The summed E-state index contributed by atoms with van der Waals surface area (Å²) >= 11 is 0. The van der Waals surface area contributed by atoms with Crippen molar-refractivity contribution in [2.24, 2.45) is 5.92 Å². The number of aliphatic hydroxyl groups is 1. The van der Waals surface area contributed by atoms with Crippen LogP contribution in [0.1, 0.15) is 20.8 Å². The van der Waals surface area contributed by atoms with E-state index in [-0.39, 0.29) is 30.1 Å². The van der Waals surface area contributed by atoms with Crippen LogP contribution < -0.4 is 10.6 Å². The Labute approximate surface area is 112 Å². The summed E-state index contributed by atoms with van der Waals surface area (Å²) in [6, 6.07) is 2.70. The molecule has 0 aliphatic heterocycles. The molecule has 3 N–H and O–H groups in total. The molecule has 0 radical (unpaired) electrons. The monoisotopic (exact) mass is 268 g/mol. The summed E-state index contributed by atoms with van der Waals surface area (Å²) in [5.41, 5.74) is -0.0965. The number of pyridine rings is 1. The highest BCUT2D eigenvalue weighted by Crippen LogP contribution is 2.25. The fourth-order valence-corrected chi connectivity index (χ4v) is 1.58. The van der Waals surface area contributed by atoms with Crippen LogP contribution in [0.3, 0.4) is 0 Å². The van der Waals surface area contributed by atoms with Gasteiger partial charge in [0.2, 0.25) is 5.82 Å². The van der Waals surface area contributed by atoms with Crippen molar-refractivity contribution >= 4 is 17.3 Å². The lowest BCUT2D eigenvalue weighted by molar-refractivity contribution is -0.384. The van der Waals surface area contributed by atoms with Crippen molar-refractivity contribution in [1.82, 2.24) is 4.98 Å². The van der Waals surface area contributed by atoms with Crippen LogP contribution in [0, 0.1) is 16.0 Å². The molecule has 19 heavy (non-hydrogen) atoms. The third kappa shape index (κ3) is 4.06. The maximum atomic E-state index is 11.0. The highest BCUT2D eigenvalue weighted by Gasteiger charge is 2.20. The van der Waals surface area contributed by atoms with Crippen LogP contribution in [0.2, 0.25) is 0 Å². The second kappa shape index (κ2) is 6.89. The van der Waals surface area contributed by atoms with Crippen LogP contribution in [-0.4, -0.2) is 34.2 Å². The first-order valence-electron chi connectivity index (χ1n) is 6.26. The quantitative estimate of drug-likeness (QED) is 0.515. The molecule has 0 spiro atoms. The highest BCUT2D eigenvalue weighted by molar-refractivity contribution is 5.60. The van der Waals surface area contributed by atoms with Gasteiger partial charge in [0.1, 0.15) is 5.82 Å². The molecule has 1 rings (SSSR count). The van der Waals surface area contributed by atoms with Gasteiger partial charge in [-0.1, -0.05) is 13.8 Å². The average Bonchev–Trinajstić information content (AvgIpc) is 2.35. The molecule has 0 bridgehead atoms. The predicted molar refractivity (Wildman–Crippen MR) is 74.4 cm³/mol. The molecule has 0 saturated carbocycles. The van der Waals surface area contributed by atoms with Gasteiger partial charge in [-0.05, 0) is 18.9 Å². The summed E-state index contributed by atoms with van der Waals surface area (Å²) in [5.74, 6) is 0.876. The van der Waals surface area contributed by atoms with E-state index < -0.39 is 4.92 Å². The summed E-state index contributed by atoms with van der Waals surface area (Å²) in [5, 5.41) is 26.2. The lowest BCUT2D eigenvalue weighted by atomic mass is 10.1. The molecular formula is C12H20N4O3. The number of nitro groups is 1. The molecular weight excluding hydrogens is 248 g/mol. The van der Waals surface area contributed by atoms with E-state index in [1.165, 1.54) is 6.07 Å². The molecule has 0 saturated heterocycles. The van der Waals surface area contributed by atoms with E-state index in [4.69, 9.17) is 0 Å². The summed E-state index contributed by atoms with van der Waals surface area (Å²) in [6.07, 6.45) is 0. The average molecular weight is 268 g/mol. The van der Waals surface area contributed by atoms with Crippen molar-refractivity contribution in [2.75, 3.05) is 23.8 Å². The van der Waals surface area contributed by atoms with Gasteiger partial charge in [0.15, 0.2) is 0 Å². The SMILES string of the molecule is CCNc1ccc([N+](=O)[O-])c(NC(CO)C(C)C)n1. The zero-order valence-corrected chi connectivity index (χ0v) is 11.4. The Morgan fingerprint density at radius 1 is 1.47 bits per heavy atom. The third-order valence-corrected chi connectivity index (χ3v) is 2.75. The molecule has 7 heteroatoms. The van der Waals surface area contributed by atoms with Crippen molar-refractivity contribution in [2.45, 2.75) is 26.8 Å². The zero-order chi connectivity index (χ0) is 14.4. The highest BCUT2D eigenvalue weighted by atomic mass is 16.6.